The van der Waals surface area contributed by atoms with E-state index in [0.29, 0.717) is 11.0 Å². The molecule has 3 nitrogen and oxygen atoms in total. The van der Waals surface area contributed by atoms with E-state index in [2.05, 4.69) is 9.97 Å². The Morgan fingerprint density at radius 1 is 1.10 bits per heavy atom. The topological polar surface area (TPSA) is 42.9 Å². The first-order valence-electron chi connectivity index (χ1n) is 6.33. The van der Waals surface area contributed by atoms with Gasteiger partial charge in [-0.1, -0.05) is 35.9 Å². The molecule has 0 atom stereocenters. The van der Waals surface area contributed by atoms with Crippen molar-refractivity contribution in [3.8, 4) is 0 Å². The number of benzene rings is 2. The molecule has 0 aliphatic rings. The van der Waals surface area contributed by atoms with E-state index in [9.17, 15) is 9.18 Å². The molecule has 0 aliphatic heterocycles. The first-order chi connectivity index (χ1) is 10.1. The van der Waals surface area contributed by atoms with E-state index in [1.165, 1.54) is 18.3 Å². The van der Waals surface area contributed by atoms with Crippen LogP contribution < -0.4 is 0 Å². The quantitative estimate of drug-likeness (QED) is 0.690. The van der Waals surface area contributed by atoms with E-state index in [-0.39, 0.29) is 28.5 Å². The molecule has 0 aliphatic carbocycles. The zero-order valence-corrected chi connectivity index (χ0v) is 11.6. The molecule has 0 amide bonds. The number of hydrogen-bond donors (Lipinski definition) is 0. The number of ketones is 1. The summed E-state index contributed by atoms with van der Waals surface area (Å²) in [6.45, 7) is 0. The van der Waals surface area contributed by atoms with E-state index in [1.807, 2.05) is 18.2 Å². The van der Waals surface area contributed by atoms with Crippen LogP contribution in [0.4, 0.5) is 4.39 Å². The SMILES string of the molecule is O=C(Cc1cccc(Cl)c1F)c1cnc2ccccc2n1. The molecule has 3 aromatic rings. The summed E-state index contributed by atoms with van der Waals surface area (Å²) in [6.07, 6.45) is 1.31. The fraction of sp³-hybridized carbons (Fsp3) is 0.0625. The van der Waals surface area contributed by atoms with Crippen LogP contribution >= 0.6 is 11.6 Å². The van der Waals surface area contributed by atoms with Gasteiger partial charge in [0.2, 0.25) is 0 Å². The third kappa shape index (κ3) is 2.76. The van der Waals surface area contributed by atoms with Gasteiger partial charge in [-0.05, 0) is 23.8 Å². The highest BCUT2D eigenvalue weighted by atomic mass is 35.5. The van der Waals surface area contributed by atoms with Crippen molar-refractivity contribution in [1.29, 1.82) is 0 Å². The average molecular weight is 301 g/mol. The molecule has 0 N–H and O–H groups in total. The summed E-state index contributed by atoms with van der Waals surface area (Å²) < 4.78 is 13.8. The van der Waals surface area contributed by atoms with Crippen molar-refractivity contribution in [2.75, 3.05) is 0 Å². The number of nitrogens with zero attached hydrogens (tertiary/aromatic N) is 2. The molecule has 3 rings (SSSR count). The summed E-state index contributed by atoms with van der Waals surface area (Å²) in [6, 6.07) is 11.8. The van der Waals surface area contributed by atoms with Crippen LogP contribution in [0.15, 0.2) is 48.7 Å². The molecule has 0 unspecified atom stereocenters. The number of aromatic nitrogens is 2. The molecule has 0 bridgehead atoms. The molecule has 104 valence electrons. The number of Topliss-reactive ketones (excluding diaryl/α,β-unsaturated/α-hetero) is 1. The van der Waals surface area contributed by atoms with Crippen LogP contribution in [-0.4, -0.2) is 15.8 Å². The van der Waals surface area contributed by atoms with Crippen LogP contribution in [0.1, 0.15) is 16.1 Å². The smallest absolute Gasteiger partial charge is 0.187 e. The predicted octanol–water partition coefficient (Wildman–Crippen LogP) is 3.85. The number of fused-ring (bicyclic) bond motifs is 1. The molecule has 2 aromatic carbocycles. The highest BCUT2D eigenvalue weighted by Gasteiger charge is 2.14. The molecule has 0 saturated heterocycles. The first-order valence-corrected chi connectivity index (χ1v) is 6.71. The molecule has 1 aromatic heterocycles. The monoisotopic (exact) mass is 300 g/mol. The van der Waals surface area contributed by atoms with Crippen LogP contribution in [0.2, 0.25) is 5.02 Å². The van der Waals surface area contributed by atoms with Crippen molar-refractivity contribution in [3.05, 3.63) is 70.8 Å². The summed E-state index contributed by atoms with van der Waals surface area (Å²) in [5, 5.41) is 0.00453. The number of carbonyl (C=O) groups is 1. The average Bonchev–Trinajstić information content (AvgIpc) is 2.51. The van der Waals surface area contributed by atoms with Gasteiger partial charge in [0.1, 0.15) is 11.5 Å². The first kappa shape index (κ1) is 13.6. The maximum absolute atomic E-state index is 13.8. The van der Waals surface area contributed by atoms with Crippen LogP contribution in [-0.2, 0) is 6.42 Å². The Morgan fingerprint density at radius 3 is 2.67 bits per heavy atom. The molecule has 0 fully saturated rings. The van der Waals surface area contributed by atoms with Crippen LogP contribution in [0, 0.1) is 5.82 Å². The Bertz CT molecular complexity index is 835. The third-order valence-corrected chi connectivity index (χ3v) is 3.41. The third-order valence-electron chi connectivity index (χ3n) is 3.12. The minimum Gasteiger partial charge on any atom is -0.292 e. The second-order valence-electron chi connectivity index (χ2n) is 4.56. The zero-order valence-electron chi connectivity index (χ0n) is 10.9. The van der Waals surface area contributed by atoms with Gasteiger partial charge in [-0.15, -0.1) is 0 Å². The molecule has 0 saturated carbocycles. The molecule has 0 spiro atoms. The fourth-order valence-corrected chi connectivity index (χ4v) is 2.23. The molecular formula is C16H10ClFN2O. The van der Waals surface area contributed by atoms with Gasteiger partial charge in [-0.3, -0.25) is 9.78 Å². The molecular weight excluding hydrogens is 291 g/mol. The lowest BCUT2D eigenvalue weighted by Gasteiger charge is -2.04. The van der Waals surface area contributed by atoms with Crippen LogP contribution in [0.5, 0.6) is 0 Å². The van der Waals surface area contributed by atoms with Gasteiger partial charge in [0.05, 0.1) is 22.3 Å². The number of hydrogen-bond acceptors (Lipinski definition) is 3. The molecule has 5 heteroatoms. The molecule has 1 heterocycles. The summed E-state index contributed by atoms with van der Waals surface area (Å²) >= 11 is 5.71. The maximum Gasteiger partial charge on any atom is 0.187 e. The Hall–Kier alpha value is -2.33. The van der Waals surface area contributed by atoms with Gasteiger partial charge in [0.25, 0.3) is 0 Å². The number of rotatable bonds is 3. The van der Waals surface area contributed by atoms with Crippen molar-refractivity contribution in [3.63, 3.8) is 0 Å². The van der Waals surface area contributed by atoms with E-state index < -0.39 is 5.82 Å². The van der Waals surface area contributed by atoms with Crippen molar-refractivity contribution in [1.82, 2.24) is 9.97 Å². The van der Waals surface area contributed by atoms with Gasteiger partial charge in [-0.25, -0.2) is 9.37 Å². The lowest BCUT2D eigenvalue weighted by molar-refractivity contribution is 0.0987. The minimum absolute atomic E-state index is 0.00453. The highest BCUT2D eigenvalue weighted by molar-refractivity contribution is 6.30. The fourth-order valence-electron chi connectivity index (χ4n) is 2.04. The van der Waals surface area contributed by atoms with Crippen molar-refractivity contribution >= 4 is 28.4 Å². The van der Waals surface area contributed by atoms with E-state index in [0.717, 1.165) is 0 Å². The van der Waals surface area contributed by atoms with E-state index in [1.54, 1.807) is 12.1 Å². The summed E-state index contributed by atoms with van der Waals surface area (Å²) in [4.78, 5) is 20.6. The zero-order chi connectivity index (χ0) is 14.8. The standard InChI is InChI=1S/C16H10ClFN2O/c17-11-5-3-4-10(16(11)18)8-15(21)14-9-19-12-6-1-2-7-13(12)20-14/h1-7,9H,8H2. The molecule has 21 heavy (non-hydrogen) atoms. The van der Waals surface area contributed by atoms with Gasteiger partial charge in [-0.2, -0.15) is 0 Å². The van der Waals surface area contributed by atoms with Crippen molar-refractivity contribution < 1.29 is 9.18 Å². The van der Waals surface area contributed by atoms with Gasteiger partial charge >= 0.3 is 0 Å². The number of carbonyl (C=O) groups excluding carboxylic acids is 1. The predicted molar refractivity (Wildman–Crippen MR) is 79.0 cm³/mol. The molecule has 0 radical (unpaired) electrons. The van der Waals surface area contributed by atoms with Gasteiger partial charge < -0.3 is 0 Å². The summed E-state index contributed by atoms with van der Waals surface area (Å²) in [5.41, 5.74) is 1.81. The Morgan fingerprint density at radius 2 is 1.86 bits per heavy atom. The lowest BCUT2D eigenvalue weighted by atomic mass is 10.1. The largest absolute Gasteiger partial charge is 0.292 e. The van der Waals surface area contributed by atoms with Crippen LogP contribution in [0.25, 0.3) is 11.0 Å². The maximum atomic E-state index is 13.8. The highest BCUT2D eigenvalue weighted by Crippen LogP contribution is 2.19. The minimum atomic E-state index is -0.568. The second kappa shape index (κ2) is 5.58. The Labute approximate surface area is 125 Å². The van der Waals surface area contributed by atoms with E-state index >= 15 is 0 Å². The summed E-state index contributed by atoms with van der Waals surface area (Å²) in [7, 11) is 0. The Kier molecular flexibility index (Phi) is 3.62. The van der Waals surface area contributed by atoms with Gasteiger partial charge in [0, 0.05) is 6.42 Å². The van der Waals surface area contributed by atoms with Crippen LogP contribution in [0.3, 0.4) is 0 Å². The number of para-hydroxylation sites is 2. The Balaban J connectivity index is 1.91. The lowest BCUT2D eigenvalue weighted by Crippen LogP contribution is -2.08. The van der Waals surface area contributed by atoms with Gasteiger partial charge in [0.15, 0.2) is 5.78 Å². The second-order valence-corrected chi connectivity index (χ2v) is 4.96. The normalized spacial score (nSPS) is 10.8. The van der Waals surface area contributed by atoms with E-state index in [4.69, 9.17) is 11.6 Å². The van der Waals surface area contributed by atoms with Crippen molar-refractivity contribution in [2.45, 2.75) is 6.42 Å². The summed E-state index contributed by atoms with van der Waals surface area (Å²) in [5.74, 6) is -0.865. The van der Waals surface area contributed by atoms with Crippen molar-refractivity contribution in [2.24, 2.45) is 0 Å². The number of halogens is 2.